The Balaban J connectivity index is 1.75. The molecule has 1 aliphatic carbocycles. The van der Waals surface area contributed by atoms with Crippen molar-refractivity contribution in [2.45, 2.75) is 32.2 Å². The third-order valence-corrected chi connectivity index (χ3v) is 3.84. The first-order valence-corrected chi connectivity index (χ1v) is 6.91. The summed E-state index contributed by atoms with van der Waals surface area (Å²) in [7, 11) is 1.82. The lowest BCUT2D eigenvalue weighted by Crippen LogP contribution is -2.28. The number of amides is 1. The highest BCUT2D eigenvalue weighted by atomic mass is 16.1. The van der Waals surface area contributed by atoms with E-state index in [0.717, 1.165) is 24.2 Å². The van der Waals surface area contributed by atoms with Gasteiger partial charge in [-0.25, -0.2) is 4.98 Å². The summed E-state index contributed by atoms with van der Waals surface area (Å²) in [5, 5.41) is 6.99. The molecule has 5 nitrogen and oxygen atoms in total. The van der Waals surface area contributed by atoms with Crippen molar-refractivity contribution >= 4 is 5.91 Å². The molecule has 1 amide bonds. The molecule has 1 aliphatic rings. The molecule has 0 saturated heterocycles. The Morgan fingerprint density at radius 1 is 1.35 bits per heavy atom. The van der Waals surface area contributed by atoms with Gasteiger partial charge in [-0.05, 0) is 49.4 Å². The fourth-order valence-corrected chi connectivity index (χ4v) is 2.75. The first-order valence-electron chi connectivity index (χ1n) is 6.91. The minimum Gasteiger partial charge on any atom is -0.342 e. The number of rotatable bonds is 3. The number of hydrogen-bond acceptors (Lipinski definition) is 3. The molecule has 1 heterocycles. The Morgan fingerprint density at radius 3 is 2.90 bits per heavy atom. The molecule has 1 N–H and O–H groups in total. The quantitative estimate of drug-likeness (QED) is 0.925. The average molecular weight is 270 g/mol. The van der Waals surface area contributed by atoms with Crippen molar-refractivity contribution in [1.82, 2.24) is 20.1 Å². The van der Waals surface area contributed by atoms with Gasteiger partial charge in [-0.3, -0.25) is 9.48 Å². The van der Waals surface area contributed by atoms with E-state index in [1.54, 1.807) is 4.68 Å². The smallest absolute Gasteiger partial charge is 0.251 e. The summed E-state index contributed by atoms with van der Waals surface area (Å²) < 4.78 is 1.67. The Hall–Kier alpha value is -2.17. The van der Waals surface area contributed by atoms with Crippen LogP contribution in [0.25, 0.3) is 0 Å². The van der Waals surface area contributed by atoms with Crippen molar-refractivity contribution in [1.29, 1.82) is 0 Å². The van der Waals surface area contributed by atoms with Crippen LogP contribution in [0.5, 0.6) is 0 Å². The van der Waals surface area contributed by atoms with Crippen molar-refractivity contribution in [3.63, 3.8) is 0 Å². The van der Waals surface area contributed by atoms with Gasteiger partial charge in [-0.1, -0.05) is 6.07 Å². The van der Waals surface area contributed by atoms with Gasteiger partial charge in [0.25, 0.3) is 5.91 Å². The summed E-state index contributed by atoms with van der Waals surface area (Å²) in [6, 6.07) is 5.83. The maximum absolute atomic E-state index is 12.3. The van der Waals surface area contributed by atoms with E-state index in [4.69, 9.17) is 0 Å². The Morgan fingerprint density at radius 2 is 2.15 bits per heavy atom. The van der Waals surface area contributed by atoms with E-state index in [9.17, 15) is 4.79 Å². The van der Waals surface area contributed by atoms with Gasteiger partial charge in [0.2, 0.25) is 0 Å². The molecular formula is C15H18N4O. The minimum atomic E-state index is -0.164. The van der Waals surface area contributed by atoms with Gasteiger partial charge in [-0.15, -0.1) is 0 Å². The van der Waals surface area contributed by atoms with Crippen LogP contribution >= 0.6 is 0 Å². The van der Waals surface area contributed by atoms with Crippen LogP contribution in [0.3, 0.4) is 0 Å². The molecular weight excluding hydrogens is 252 g/mol. The zero-order chi connectivity index (χ0) is 14.1. The lowest BCUT2D eigenvalue weighted by molar-refractivity contribution is 0.0937. The molecule has 0 spiro atoms. The average Bonchev–Trinajstić information content (AvgIpc) is 3.05. The molecule has 1 aromatic carbocycles. The predicted molar refractivity (Wildman–Crippen MR) is 75.4 cm³/mol. The van der Waals surface area contributed by atoms with Gasteiger partial charge in [0.1, 0.15) is 12.2 Å². The van der Waals surface area contributed by atoms with Crippen LogP contribution in [0.2, 0.25) is 0 Å². The molecule has 0 bridgehead atoms. The second-order valence-corrected chi connectivity index (χ2v) is 5.27. The van der Waals surface area contributed by atoms with Crippen molar-refractivity contribution in [2.75, 3.05) is 0 Å². The standard InChI is InChI=1S/C15H18N4O/c1-10(14-16-9-17-19(14)2)18-15(20)13-7-6-11-4-3-5-12(11)8-13/h6-10H,3-5H2,1-2H3,(H,18,20). The van der Waals surface area contributed by atoms with E-state index in [1.165, 1.54) is 23.9 Å². The Bertz CT molecular complexity index is 647. The molecule has 1 unspecified atom stereocenters. The number of aromatic nitrogens is 3. The zero-order valence-electron chi connectivity index (χ0n) is 11.8. The van der Waals surface area contributed by atoms with Gasteiger partial charge in [0.15, 0.2) is 0 Å². The van der Waals surface area contributed by atoms with Crippen molar-refractivity contribution in [2.24, 2.45) is 7.05 Å². The molecule has 0 fully saturated rings. The molecule has 5 heteroatoms. The maximum atomic E-state index is 12.3. The topological polar surface area (TPSA) is 59.8 Å². The largest absolute Gasteiger partial charge is 0.342 e. The first kappa shape index (κ1) is 12.8. The molecule has 104 valence electrons. The molecule has 0 aliphatic heterocycles. The van der Waals surface area contributed by atoms with Crippen molar-refractivity contribution in [3.05, 3.63) is 47.0 Å². The van der Waals surface area contributed by atoms with Gasteiger partial charge >= 0.3 is 0 Å². The molecule has 1 atom stereocenters. The number of fused-ring (bicyclic) bond motifs is 1. The highest BCUT2D eigenvalue weighted by molar-refractivity contribution is 5.94. The number of nitrogens with zero attached hydrogens (tertiary/aromatic N) is 3. The van der Waals surface area contributed by atoms with E-state index >= 15 is 0 Å². The number of aryl methyl sites for hydroxylation is 3. The molecule has 3 rings (SSSR count). The maximum Gasteiger partial charge on any atom is 0.251 e. The van der Waals surface area contributed by atoms with Crippen molar-refractivity contribution < 1.29 is 4.79 Å². The molecule has 0 radical (unpaired) electrons. The number of carbonyl (C=O) groups excluding carboxylic acids is 1. The zero-order valence-corrected chi connectivity index (χ0v) is 11.8. The highest BCUT2D eigenvalue weighted by Crippen LogP contribution is 2.23. The second kappa shape index (κ2) is 5.07. The third-order valence-electron chi connectivity index (χ3n) is 3.84. The van der Waals surface area contributed by atoms with Crippen LogP contribution in [0, 0.1) is 0 Å². The van der Waals surface area contributed by atoms with Crippen LogP contribution in [-0.2, 0) is 19.9 Å². The number of hydrogen-bond donors (Lipinski definition) is 1. The normalized spacial score (nSPS) is 14.9. The summed E-state index contributed by atoms with van der Waals surface area (Å²) in [5.74, 6) is 0.690. The van der Waals surface area contributed by atoms with Gasteiger partial charge in [-0.2, -0.15) is 5.10 Å². The lowest BCUT2D eigenvalue weighted by atomic mass is 10.1. The summed E-state index contributed by atoms with van der Waals surface area (Å²) in [6.07, 6.45) is 4.89. The van der Waals surface area contributed by atoms with E-state index in [1.807, 2.05) is 26.1 Å². The van der Waals surface area contributed by atoms with Crippen LogP contribution in [0.4, 0.5) is 0 Å². The highest BCUT2D eigenvalue weighted by Gasteiger charge is 2.17. The summed E-state index contributed by atoms with van der Waals surface area (Å²) in [5.41, 5.74) is 3.41. The fourth-order valence-electron chi connectivity index (χ4n) is 2.75. The number of carbonyl (C=O) groups is 1. The predicted octanol–water partition coefficient (Wildman–Crippen LogP) is 1.79. The van der Waals surface area contributed by atoms with Gasteiger partial charge < -0.3 is 5.32 Å². The van der Waals surface area contributed by atoms with E-state index in [0.29, 0.717) is 0 Å². The van der Waals surface area contributed by atoms with Crippen molar-refractivity contribution in [3.8, 4) is 0 Å². The van der Waals surface area contributed by atoms with Crippen LogP contribution < -0.4 is 5.32 Å². The Kier molecular flexibility index (Phi) is 3.26. The molecule has 20 heavy (non-hydrogen) atoms. The number of nitrogens with one attached hydrogen (secondary N) is 1. The van der Waals surface area contributed by atoms with Gasteiger partial charge in [0, 0.05) is 12.6 Å². The minimum absolute atomic E-state index is 0.0600. The first-order chi connectivity index (χ1) is 9.65. The molecule has 1 aromatic heterocycles. The molecule has 2 aromatic rings. The fraction of sp³-hybridized carbons (Fsp3) is 0.400. The lowest BCUT2D eigenvalue weighted by Gasteiger charge is -2.13. The SMILES string of the molecule is CC(NC(=O)c1ccc2c(c1)CCC2)c1ncnn1C. The van der Waals surface area contributed by atoms with E-state index in [2.05, 4.69) is 21.5 Å². The number of benzene rings is 1. The van der Waals surface area contributed by atoms with Gasteiger partial charge in [0.05, 0.1) is 6.04 Å². The van der Waals surface area contributed by atoms with Crippen LogP contribution in [0.1, 0.15) is 46.7 Å². The second-order valence-electron chi connectivity index (χ2n) is 5.27. The van der Waals surface area contributed by atoms with E-state index < -0.39 is 0 Å². The van der Waals surface area contributed by atoms with Crippen LogP contribution in [-0.4, -0.2) is 20.7 Å². The third kappa shape index (κ3) is 2.31. The summed E-state index contributed by atoms with van der Waals surface area (Å²) in [6.45, 7) is 1.91. The molecule has 0 saturated carbocycles. The monoisotopic (exact) mass is 270 g/mol. The van der Waals surface area contributed by atoms with Crippen LogP contribution in [0.15, 0.2) is 24.5 Å². The van der Waals surface area contributed by atoms with E-state index in [-0.39, 0.29) is 11.9 Å². The Labute approximate surface area is 118 Å². The summed E-state index contributed by atoms with van der Waals surface area (Å²) >= 11 is 0. The summed E-state index contributed by atoms with van der Waals surface area (Å²) in [4.78, 5) is 16.5.